The van der Waals surface area contributed by atoms with Gasteiger partial charge in [-0.3, -0.25) is 0 Å². The lowest BCUT2D eigenvalue weighted by atomic mass is 9.96. The first-order chi connectivity index (χ1) is 11.7. The zero-order chi connectivity index (χ0) is 16.9. The molecule has 0 saturated heterocycles. The Morgan fingerprint density at radius 2 is 1.42 bits per heavy atom. The van der Waals surface area contributed by atoms with Crippen molar-refractivity contribution in [3.05, 3.63) is 89.0 Å². The summed E-state index contributed by atoms with van der Waals surface area (Å²) in [4.78, 5) is 0. The van der Waals surface area contributed by atoms with Gasteiger partial charge in [0.1, 0.15) is 12.4 Å². The summed E-state index contributed by atoms with van der Waals surface area (Å²) in [5.74, 6) is 0.864. The molecule has 1 N–H and O–H groups in total. The third-order valence-corrected chi connectivity index (χ3v) is 4.29. The van der Waals surface area contributed by atoms with E-state index in [1.165, 1.54) is 0 Å². The maximum absolute atomic E-state index is 9.43. The highest BCUT2D eigenvalue weighted by Crippen LogP contribution is 2.27. The van der Waals surface area contributed by atoms with Gasteiger partial charge < -0.3 is 9.84 Å². The van der Waals surface area contributed by atoms with Crippen LogP contribution in [0, 0.1) is 13.8 Å². The molecular formula is C22H22O2. The monoisotopic (exact) mass is 318 g/mol. The molecule has 0 aromatic heterocycles. The number of ether oxygens (including phenoxy) is 1. The Morgan fingerprint density at radius 3 is 2.00 bits per heavy atom. The summed E-state index contributed by atoms with van der Waals surface area (Å²) in [7, 11) is 0. The molecule has 0 aliphatic carbocycles. The van der Waals surface area contributed by atoms with Crippen molar-refractivity contribution in [1.82, 2.24) is 0 Å². The van der Waals surface area contributed by atoms with E-state index in [9.17, 15) is 5.11 Å². The summed E-state index contributed by atoms with van der Waals surface area (Å²) in [6.45, 7) is 4.74. The lowest BCUT2D eigenvalue weighted by Gasteiger charge is -2.12. The predicted octanol–water partition coefficient (Wildman–Crippen LogP) is 5.04. The summed E-state index contributed by atoms with van der Waals surface area (Å²) in [5, 5.41) is 9.43. The molecule has 3 aromatic carbocycles. The van der Waals surface area contributed by atoms with E-state index >= 15 is 0 Å². The zero-order valence-electron chi connectivity index (χ0n) is 14.1. The van der Waals surface area contributed by atoms with Crippen LogP contribution in [0.5, 0.6) is 5.75 Å². The Labute approximate surface area is 143 Å². The molecule has 0 fully saturated rings. The summed E-state index contributed by atoms with van der Waals surface area (Å²) >= 11 is 0. The van der Waals surface area contributed by atoms with Crippen molar-refractivity contribution in [3.8, 4) is 16.9 Å². The lowest BCUT2D eigenvalue weighted by Crippen LogP contribution is -1.96. The molecular weight excluding hydrogens is 296 g/mol. The second-order valence-electron chi connectivity index (χ2n) is 6.05. The molecule has 0 unspecified atom stereocenters. The molecule has 3 rings (SSSR count). The summed E-state index contributed by atoms with van der Waals surface area (Å²) in [6.07, 6.45) is 0. The van der Waals surface area contributed by atoms with Crippen LogP contribution in [-0.2, 0) is 13.2 Å². The number of aliphatic hydroxyl groups excluding tert-OH is 1. The van der Waals surface area contributed by atoms with Crippen LogP contribution in [0.4, 0.5) is 0 Å². The van der Waals surface area contributed by atoms with Gasteiger partial charge in [-0.2, -0.15) is 0 Å². The normalized spacial score (nSPS) is 10.6. The fraction of sp³-hybridized carbons (Fsp3) is 0.182. The Bertz CT molecular complexity index is 782. The minimum atomic E-state index is 0.0875. The van der Waals surface area contributed by atoms with Gasteiger partial charge >= 0.3 is 0 Å². The van der Waals surface area contributed by atoms with Gasteiger partial charge in [0, 0.05) is 0 Å². The average molecular weight is 318 g/mol. The van der Waals surface area contributed by atoms with Gasteiger partial charge in [0.15, 0.2) is 0 Å². The third-order valence-electron chi connectivity index (χ3n) is 4.29. The Morgan fingerprint density at radius 1 is 0.792 bits per heavy atom. The Hall–Kier alpha value is -2.58. The zero-order valence-corrected chi connectivity index (χ0v) is 14.1. The van der Waals surface area contributed by atoms with E-state index in [-0.39, 0.29) is 6.61 Å². The van der Waals surface area contributed by atoms with E-state index < -0.39 is 0 Å². The van der Waals surface area contributed by atoms with E-state index in [0.717, 1.165) is 39.1 Å². The number of aryl methyl sites for hydroxylation is 2. The maximum Gasteiger partial charge on any atom is 0.119 e. The molecule has 0 heterocycles. The van der Waals surface area contributed by atoms with Crippen molar-refractivity contribution in [1.29, 1.82) is 0 Å². The van der Waals surface area contributed by atoms with Gasteiger partial charge in [0.05, 0.1) is 6.61 Å². The average Bonchev–Trinajstić information content (AvgIpc) is 2.61. The number of hydrogen-bond donors (Lipinski definition) is 1. The molecule has 24 heavy (non-hydrogen) atoms. The summed E-state index contributed by atoms with van der Waals surface area (Å²) in [5.41, 5.74) is 6.73. The number of rotatable bonds is 5. The smallest absolute Gasteiger partial charge is 0.119 e. The van der Waals surface area contributed by atoms with Crippen LogP contribution in [0.25, 0.3) is 11.1 Å². The van der Waals surface area contributed by atoms with E-state index in [0.29, 0.717) is 6.61 Å². The van der Waals surface area contributed by atoms with E-state index in [1.54, 1.807) is 0 Å². The van der Waals surface area contributed by atoms with Gasteiger partial charge in [0.2, 0.25) is 0 Å². The molecule has 2 nitrogen and oxygen atoms in total. The number of aliphatic hydroxyl groups is 1. The molecule has 0 saturated carbocycles. The van der Waals surface area contributed by atoms with Crippen molar-refractivity contribution in [3.63, 3.8) is 0 Å². The second-order valence-corrected chi connectivity index (χ2v) is 6.05. The largest absolute Gasteiger partial charge is 0.489 e. The van der Waals surface area contributed by atoms with E-state index in [4.69, 9.17) is 4.74 Å². The van der Waals surface area contributed by atoms with Crippen LogP contribution in [0.1, 0.15) is 22.3 Å². The first kappa shape index (κ1) is 16.3. The molecule has 0 atom stereocenters. The van der Waals surface area contributed by atoms with Crippen LogP contribution in [0.3, 0.4) is 0 Å². The highest BCUT2D eigenvalue weighted by molar-refractivity contribution is 5.67. The molecule has 0 spiro atoms. The molecule has 122 valence electrons. The minimum Gasteiger partial charge on any atom is -0.489 e. The van der Waals surface area contributed by atoms with Crippen molar-refractivity contribution in [2.24, 2.45) is 0 Å². The summed E-state index contributed by atoms with van der Waals surface area (Å²) < 4.78 is 5.83. The summed E-state index contributed by atoms with van der Waals surface area (Å²) in [6, 6.07) is 22.6. The Kier molecular flexibility index (Phi) is 4.97. The number of hydrogen-bond acceptors (Lipinski definition) is 2. The predicted molar refractivity (Wildman–Crippen MR) is 98.0 cm³/mol. The molecule has 2 heteroatoms. The SMILES string of the molecule is Cc1cc(-c2ccc(OCc3ccccc3)cc2)cc(C)c1CO. The molecule has 0 aliphatic heterocycles. The topological polar surface area (TPSA) is 29.5 Å². The number of benzene rings is 3. The van der Waals surface area contributed by atoms with Crippen molar-refractivity contribution >= 4 is 0 Å². The molecule has 0 radical (unpaired) electrons. The maximum atomic E-state index is 9.43. The highest BCUT2D eigenvalue weighted by atomic mass is 16.5. The van der Waals surface area contributed by atoms with Crippen LogP contribution in [0.15, 0.2) is 66.7 Å². The van der Waals surface area contributed by atoms with Crippen molar-refractivity contribution < 1.29 is 9.84 Å². The van der Waals surface area contributed by atoms with Crippen LogP contribution in [-0.4, -0.2) is 5.11 Å². The second kappa shape index (κ2) is 7.33. The molecule has 3 aromatic rings. The van der Waals surface area contributed by atoms with Gasteiger partial charge in [0.25, 0.3) is 0 Å². The first-order valence-corrected chi connectivity index (χ1v) is 8.15. The quantitative estimate of drug-likeness (QED) is 0.714. The molecule has 0 bridgehead atoms. The third kappa shape index (κ3) is 3.66. The lowest BCUT2D eigenvalue weighted by molar-refractivity contribution is 0.280. The van der Waals surface area contributed by atoms with Crippen LogP contribution >= 0.6 is 0 Å². The van der Waals surface area contributed by atoms with E-state index in [1.807, 2.05) is 44.2 Å². The van der Waals surface area contributed by atoms with Gasteiger partial charge in [-0.25, -0.2) is 0 Å². The van der Waals surface area contributed by atoms with Gasteiger partial charge in [-0.05, 0) is 59.4 Å². The fourth-order valence-corrected chi connectivity index (χ4v) is 2.89. The highest BCUT2D eigenvalue weighted by Gasteiger charge is 2.06. The van der Waals surface area contributed by atoms with E-state index in [2.05, 4.69) is 36.4 Å². The standard InChI is InChI=1S/C22H22O2/c1-16-12-20(13-17(2)22(16)14-23)19-8-10-21(11-9-19)24-15-18-6-4-3-5-7-18/h3-13,23H,14-15H2,1-2H3. The van der Waals surface area contributed by atoms with Crippen LogP contribution < -0.4 is 4.74 Å². The van der Waals surface area contributed by atoms with Gasteiger partial charge in [-0.15, -0.1) is 0 Å². The van der Waals surface area contributed by atoms with Crippen molar-refractivity contribution in [2.45, 2.75) is 27.1 Å². The minimum absolute atomic E-state index is 0.0875. The molecule has 0 amide bonds. The van der Waals surface area contributed by atoms with Crippen molar-refractivity contribution in [2.75, 3.05) is 0 Å². The first-order valence-electron chi connectivity index (χ1n) is 8.15. The molecule has 0 aliphatic rings. The van der Waals surface area contributed by atoms with Gasteiger partial charge in [-0.1, -0.05) is 54.6 Å². The van der Waals surface area contributed by atoms with Crippen LogP contribution in [0.2, 0.25) is 0 Å². The fourth-order valence-electron chi connectivity index (χ4n) is 2.89. The Balaban J connectivity index is 1.75.